The highest BCUT2D eigenvalue weighted by atomic mass is 16.6. The third-order valence-electron chi connectivity index (χ3n) is 5.89. The first-order valence-corrected chi connectivity index (χ1v) is 10.2. The van der Waals surface area contributed by atoms with Gasteiger partial charge >= 0.3 is 6.09 Å². The Hall–Kier alpha value is -1.59. The van der Waals surface area contributed by atoms with Crippen LogP contribution >= 0.6 is 0 Å². The lowest BCUT2D eigenvalue weighted by Gasteiger charge is -2.32. The van der Waals surface area contributed by atoms with Crippen LogP contribution in [0.3, 0.4) is 0 Å². The second kappa shape index (κ2) is 8.19. The Balaban J connectivity index is 1.61. The molecule has 2 bridgehead atoms. The molecule has 150 valence electrons. The van der Waals surface area contributed by atoms with Crippen LogP contribution in [0.1, 0.15) is 58.4 Å². The average Bonchev–Trinajstić information content (AvgIpc) is 3.20. The van der Waals surface area contributed by atoms with Crippen molar-refractivity contribution in [3.8, 4) is 0 Å². The fourth-order valence-corrected chi connectivity index (χ4v) is 4.51. The molecule has 5 nitrogen and oxygen atoms in total. The van der Waals surface area contributed by atoms with E-state index in [-0.39, 0.29) is 5.54 Å². The van der Waals surface area contributed by atoms with Gasteiger partial charge in [0.25, 0.3) is 0 Å². The van der Waals surface area contributed by atoms with Crippen molar-refractivity contribution in [3.63, 3.8) is 0 Å². The van der Waals surface area contributed by atoms with E-state index in [1.54, 1.807) is 0 Å². The fourth-order valence-electron chi connectivity index (χ4n) is 4.51. The lowest BCUT2D eigenvalue weighted by atomic mass is 9.93. The molecule has 5 heteroatoms. The normalized spacial score (nSPS) is 26.6. The van der Waals surface area contributed by atoms with Gasteiger partial charge in [0.05, 0.1) is 12.1 Å². The summed E-state index contributed by atoms with van der Waals surface area (Å²) in [6.45, 7) is 6.01. The van der Waals surface area contributed by atoms with Crippen molar-refractivity contribution in [2.24, 2.45) is 5.92 Å². The molecule has 2 aliphatic carbocycles. The number of carbonyl (C=O) groups is 1. The summed E-state index contributed by atoms with van der Waals surface area (Å²) in [6.07, 6.45) is 5.63. The topological polar surface area (TPSA) is 70.6 Å². The summed E-state index contributed by atoms with van der Waals surface area (Å²) < 4.78 is 5.40. The summed E-state index contributed by atoms with van der Waals surface area (Å²) in [5.41, 5.74) is 0.721. The molecular weight excluding hydrogens is 340 g/mol. The Morgan fingerprint density at radius 3 is 2.48 bits per heavy atom. The molecule has 1 amide bonds. The maximum Gasteiger partial charge on any atom is 0.407 e. The Morgan fingerprint density at radius 2 is 1.93 bits per heavy atom. The summed E-state index contributed by atoms with van der Waals surface area (Å²) in [4.78, 5) is 12.3. The molecule has 2 atom stereocenters. The van der Waals surface area contributed by atoms with Gasteiger partial charge in [-0.1, -0.05) is 30.3 Å². The predicted octanol–water partition coefficient (Wildman–Crippen LogP) is 3.41. The molecule has 2 saturated carbocycles. The Morgan fingerprint density at radius 1 is 1.26 bits per heavy atom. The highest BCUT2D eigenvalue weighted by Gasteiger charge is 2.44. The molecule has 2 fully saturated rings. The molecule has 1 aromatic carbocycles. The van der Waals surface area contributed by atoms with Gasteiger partial charge in [0, 0.05) is 12.1 Å². The van der Waals surface area contributed by atoms with Crippen LogP contribution in [-0.4, -0.2) is 41.0 Å². The number of hydrogen-bond acceptors (Lipinski definition) is 4. The van der Waals surface area contributed by atoms with E-state index in [4.69, 9.17) is 4.74 Å². The molecule has 0 spiro atoms. The third-order valence-corrected chi connectivity index (χ3v) is 5.89. The Bertz CT molecular complexity index is 618. The molecule has 3 rings (SSSR count). The van der Waals surface area contributed by atoms with Crippen LogP contribution in [0.15, 0.2) is 30.3 Å². The van der Waals surface area contributed by atoms with Crippen molar-refractivity contribution in [1.82, 2.24) is 10.6 Å². The number of fused-ring (bicyclic) bond motifs is 2. The number of amides is 1. The smallest absolute Gasteiger partial charge is 0.407 e. The summed E-state index contributed by atoms with van der Waals surface area (Å²) in [5.74, 6) is 0.856. The second-order valence-electron chi connectivity index (χ2n) is 9.32. The van der Waals surface area contributed by atoms with Gasteiger partial charge in [0.15, 0.2) is 0 Å². The van der Waals surface area contributed by atoms with E-state index in [9.17, 15) is 9.90 Å². The van der Waals surface area contributed by atoms with E-state index in [1.165, 1.54) is 32.1 Å². The van der Waals surface area contributed by atoms with Crippen molar-refractivity contribution in [3.05, 3.63) is 35.9 Å². The number of aliphatic hydroxyl groups is 1. The van der Waals surface area contributed by atoms with Gasteiger partial charge in [-0.2, -0.15) is 0 Å². The van der Waals surface area contributed by atoms with Crippen LogP contribution in [-0.2, 0) is 11.2 Å². The van der Waals surface area contributed by atoms with Crippen LogP contribution in [0.25, 0.3) is 0 Å². The minimum Gasteiger partial charge on any atom is -0.444 e. The first-order valence-electron chi connectivity index (χ1n) is 10.2. The van der Waals surface area contributed by atoms with Crippen molar-refractivity contribution in [2.75, 3.05) is 6.54 Å². The average molecular weight is 375 g/mol. The predicted molar refractivity (Wildman–Crippen MR) is 107 cm³/mol. The van der Waals surface area contributed by atoms with Gasteiger partial charge in [0.2, 0.25) is 0 Å². The fraction of sp³-hybridized carbons (Fsp3) is 0.682. The highest BCUT2D eigenvalue weighted by molar-refractivity contribution is 5.68. The number of alkyl carbamates (subject to hydrolysis) is 1. The van der Waals surface area contributed by atoms with E-state index in [0.29, 0.717) is 13.0 Å². The van der Waals surface area contributed by atoms with Gasteiger partial charge in [-0.05, 0) is 70.8 Å². The zero-order chi connectivity index (χ0) is 19.5. The molecule has 0 heterocycles. The molecule has 0 aliphatic heterocycles. The molecular formula is C22H34N2O3. The van der Waals surface area contributed by atoms with Crippen molar-refractivity contribution in [1.29, 1.82) is 0 Å². The lowest BCUT2D eigenvalue weighted by Crippen LogP contribution is -2.53. The number of benzene rings is 1. The van der Waals surface area contributed by atoms with Gasteiger partial charge < -0.3 is 20.5 Å². The third kappa shape index (κ3) is 5.69. The van der Waals surface area contributed by atoms with Crippen LogP contribution in [0.5, 0.6) is 0 Å². The molecule has 2 aliphatic rings. The van der Waals surface area contributed by atoms with E-state index in [2.05, 4.69) is 10.6 Å². The number of rotatable bonds is 7. The van der Waals surface area contributed by atoms with Crippen LogP contribution < -0.4 is 10.6 Å². The van der Waals surface area contributed by atoms with Crippen LogP contribution in [0, 0.1) is 5.92 Å². The molecule has 27 heavy (non-hydrogen) atoms. The van der Waals surface area contributed by atoms with E-state index in [1.807, 2.05) is 51.1 Å². The molecule has 0 aromatic heterocycles. The molecule has 0 saturated heterocycles. The summed E-state index contributed by atoms with van der Waals surface area (Å²) >= 11 is 0. The van der Waals surface area contributed by atoms with Gasteiger partial charge in [-0.25, -0.2) is 4.79 Å². The largest absolute Gasteiger partial charge is 0.444 e. The molecule has 1 aromatic rings. The van der Waals surface area contributed by atoms with Crippen LogP contribution in [0.2, 0.25) is 0 Å². The maximum atomic E-state index is 12.3. The van der Waals surface area contributed by atoms with E-state index in [0.717, 1.165) is 11.5 Å². The number of carbonyl (C=O) groups excluding carboxylic acids is 1. The minimum absolute atomic E-state index is 0.203. The summed E-state index contributed by atoms with van der Waals surface area (Å²) in [5, 5.41) is 17.4. The first-order chi connectivity index (χ1) is 12.7. The van der Waals surface area contributed by atoms with Crippen molar-refractivity contribution in [2.45, 2.75) is 82.6 Å². The number of β-amino-alcohol motifs (C(OH)–C–C–N with tert-alkyl or cyclic N) is 1. The molecule has 3 N–H and O–H groups in total. The van der Waals surface area contributed by atoms with E-state index >= 15 is 0 Å². The van der Waals surface area contributed by atoms with E-state index < -0.39 is 23.8 Å². The second-order valence-corrected chi connectivity index (χ2v) is 9.32. The summed E-state index contributed by atoms with van der Waals surface area (Å²) in [7, 11) is 0. The summed E-state index contributed by atoms with van der Waals surface area (Å²) in [6, 6.07) is 9.54. The zero-order valence-electron chi connectivity index (χ0n) is 16.8. The number of hydrogen-bond donors (Lipinski definition) is 3. The zero-order valence-corrected chi connectivity index (χ0v) is 16.8. The monoisotopic (exact) mass is 374 g/mol. The number of aliphatic hydroxyl groups excluding tert-OH is 1. The quantitative estimate of drug-likeness (QED) is 0.684. The minimum atomic E-state index is -0.674. The SMILES string of the molecule is CC(C)(C)OC(=O)N[C@@H](Cc1ccccc1)[C@@H](O)CNC12CCC(CC1)C2. The molecule has 0 radical (unpaired) electrons. The van der Waals surface area contributed by atoms with Gasteiger partial charge in [-0.3, -0.25) is 0 Å². The van der Waals surface area contributed by atoms with Crippen molar-refractivity contribution < 1.29 is 14.6 Å². The Labute approximate surface area is 162 Å². The molecule has 0 unspecified atom stereocenters. The Kier molecular flexibility index (Phi) is 6.11. The maximum absolute atomic E-state index is 12.3. The standard InChI is InChI=1S/C22H34N2O3/c1-21(2,3)27-20(26)24-18(13-16-7-5-4-6-8-16)19(25)15-23-22-11-9-17(14-22)10-12-22/h4-8,17-19,23,25H,9-15H2,1-3H3,(H,24,26)/t17?,18-,19-,22?/m0/s1. The number of ether oxygens (including phenoxy) is 1. The highest BCUT2D eigenvalue weighted by Crippen LogP contribution is 2.47. The van der Waals surface area contributed by atoms with Crippen LogP contribution in [0.4, 0.5) is 4.79 Å². The van der Waals surface area contributed by atoms with Gasteiger partial charge in [-0.15, -0.1) is 0 Å². The van der Waals surface area contributed by atoms with Gasteiger partial charge in [0.1, 0.15) is 5.60 Å². The lowest BCUT2D eigenvalue weighted by molar-refractivity contribution is 0.0414. The first kappa shape index (κ1) is 20.2. The van der Waals surface area contributed by atoms with Crippen molar-refractivity contribution >= 4 is 6.09 Å². The number of nitrogens with one attached hydrogen (secondary N) is 2.